The van der Waals surface area contributed by atoms with E-state index >= 15 is 0 Å². The predicted molar refractivity (Wildman–Crippen MR) is 69.3 cm³/mol. The average molecular weight is 246 g/mol. The molecule has 0 spiro atoms. The largest absolute Gasteiger partial charge is 0.504 e. The summed E-state index contributed by atoms with van der Waals surface area (Å²) in [6.45, 7) is 1.88. The fourth-order valence-corrected chi connectivity index (χ4v) is 2.72. The minimum Gasteiger partial charge on any atom is -0.504 e. The van der Waals surface area contributed by atoms with Gasteiger partial charge < -0.3 is 10.2 Å². The first-order chi connectivity index (χ1) is 8.66. The smallest absolute Gasteiger partial charge is 0.201 e. The summed E-state index contributed by atoms with van der Waals surface area (Å²) in [5.41, 5.74) is 1.80. The third kappa shape index (κ3) is 2.18. The quantitative estimate of drug-likeness (QED) is 0.858. The Bertz CT molecular complexity index is 462. The molecular formula is C15H18O3. The molecule has 2 rings (SSSR count). The molecule has 0 saturated heterocycles. The summed E-state index contributed by atoms with van der Waals surface area (Å²) in [6.07, 6.45) is 1.19. The Labute approximate surface area is 107 Å². The van der Waals surface area contributed by atoms with Gasteiger partial charge in [-0.05, 0) is 30.9 Å². The molecule has 2 N–H and O–H groups in total. The van der Waals surface area contributed by atoms with Crippen LogP contribution in [0.15, 0.2) is 41.7 Å². The molecule has 18 heavy (non-hydrogen) atoms. The zero-order chi connectivity index (χ0) is 13.1. The average Bonchev–Trinajstić information content (AvgIpc) is 2.62. The van der Waals surface area contributed by atoms with Gasteiger partial charge in [0.25, 0.3) is 0 Å². The van der Waals surface area contributed by atoms with E-state index in [1.165, 1.54) is 0 Å². The number of benzene rings is 1. The lowest BCUT2D eigenvalue weighted by Gasteiger charge is -2.20. The van der Waals surface area contributed by atoms with Crippen molar-refractivity contribution < 1.29 is 15.0 Å². The minimum absolute atomic E-state index is 0.0507. The van der Waals surface area contributed by atoms with Crippen LogP contribution in [0.5, 0.6) is 0 Å². The molecule has 96 valence electrons. The summed E-state index contributed by atoms with van der Waals surface area (Å²) in [7, 11) is 0. The van der Waals surface area contributed by atoms with Crippen LogP contribution in [0.1, 0.15) is 31.2 Å². The van der Waals surface area contributed by atoms with Gasteiger partial charge in [0.2, 0.25) is 5.78 Å². The highest BCUT2D eigenvalue weighted by Crippen LogP contribution is 2.42. The van der Waals surface area contributed by atoms with Crippen LogP contribution >= 0.6 is 0 Å². The second kappa shape index (κ2) is 5.36. The van der Waals surface area contributed by atoms with Crippen LogP contribution in [-0.4, -0.2) is 22.6 Å². The van der Waals surface area contributed by atoms with Gasteiger partial charge in [-0.2, -0.15) is 0 Å². The van der Waals surface area contributed by atoms with Gasteiger partial charge in [-0.15, -0.1) is 0 Å². The van der Waals surface area contributed by atoms with Gasteiger partial charge in [0, 0.05) is 18.4 Å². The first-order valence-electron chi connectivity index (χ1n) is 6.26. The highest BCUT2D eigenvalue weighted by molar-refractivity contribution is 5.99. The second-order valence-electron chi connectivity index (χ2n) is 4.76. The maximum atomic E-state index is 12.0. The molecule has 0 radical (unpaired) electrons. The van der Waals surface area contributed by atoms with E-state index in [9.17, 15) is 9.90 Å². The van der Waals surface area contributed by atoms with Gasteiger partial charge >= 0.3 is 0 Å². The van der Waals surface area contributed by atoms with Gasteiger partial charge in [0.15, 0.2) is 5.76 Å². The standard InChI is InChI=1S/C15H18O3/c1-10-13(11-6-3-2-4-7-11)12(8-5-9-16)15(18)14(10)17/h2-4,6-7,12-13,16-17H,5,8-9H2,1H3/t12-,13-/m1/s1. The molecule has 0 heterocycles. The number of Topliss-reactive ketones (excluding diaryl/α,β-unsaturated/α-hetero) is 1. The molecule has 1 aliphatic carbocycles. The molecule has 2 atom stereocenters. The van der Waals surface area contributed by atoms with Crippen molar-refractivity contribution in [2.24, 2.45) is 5.92 Å². The van der Waals surface area contributed by atoms with Gasteiger partial charge in [-0.1, -0.05) is 30.3 Å². The van der Waals surface area contributed by atoms with Gasteiger partial charge in [0.05, 0.1) is 0 Å². The number of carbonyl (C=O) groups is 1. The Morgan fingerprint density at radius 2 is 1.89 bits per heavy atom. The van der Waals surface area contributed by atoms with Crippen molar-refractivity contribution in [1.29, 1.82) is 0 Å². The van der Waals surface area contributed by atoms with Crippen molar-refractivity contribution in [3.63, 3.8) is 0 Å². The monoisotopic (exact) mass is 246 g/mol. The highest BCUT2D eigenvalue weighted by Gasteiger charge is 2.40. The number of hydrogen-bond acceptors (Lipinski definition) is 3. The van der Waals surface area contributed by atoms with Crippen LogP contribution in [0, 0.1) is 5.92 Å². The minimum atomic E-state index is -0.237. The normalized spacial score (nSPS) is 23.8. The third-order valence-corrected chi connectivity index (χ3v) is 3.64. The lowest BCUT2D eigenvalue weighted by Crippen LogP contribution is -2.17. The fraction of sp³-hybridized carbons (Fsp3) is 0.400. The zero-order valence-corrected chi connectivity index (χ0v) is 10.5. The van der Waals surface area contributed by atoms with E-state index in [1.54, 1.807) is 0 Å². The topological polar surface area (TPSA) is 57.5 Å². The molecule has 1 aromatic carbocycles. The lowest BCUT2D eigenvalue weighted by atomic mass is 9.82. The van der Waals surface area contributed by atoms with Crippen molar-refractivity contribution in [2.75, 3.05) is 6.61 Å². The number of hydrogen-bond donors (Lipinski definition) is 2. The Balaban J connectivity index is 2.32. The molecule has 0 aliphatic heterocycles. The number of carbonyl (C=O) groups excluding carboxylic acids is 1. The summed E-state index contributed by atoms with van der Waals surface area (Å²) < 4.78 is 0. The Morgan fingerprint density at radius 3 is 2.50 bits per heavy atom. The molecule has 1 aromatic rings. The number of ketones is 1. The Hall–Kier alpha value is -1.61. The molecule has 0 amide bonds. The van der Waals surface area contributed by atoms with Crippen molar-refractivity contribution >= 4 is 5.78 Å². The van der Waals surface area contributed by atoms with E-state index in [1.807, 2.05) is 37.3 Å². The van der Waals surface area contributed by atoms with Gasteiger partial charge in [0.1, 0.15) is 0 Å². The first kappa shape index (κ1) is 12.8. The molecular weight excluding hydrogens is 228 g/mol. The summed E-state index contributed by atoms with van der Waals surface area (Å²) in [5, 5.41) is 18.7. The van der Waals surface area contributed by atoms with Gasteiger partial charge in [-0.25, -0.2) is 0 Å². The first-order valence-corrected chi connectivity index (χ1v) is 6.26. The molecule has 0 aromatic heterocycles. The maximum absolute atomic E-state index is 12.0. The van der Waals surface area contributed by atoms with Crippen LogP contribution in [0.3, 0.4) is 0 Å². The predicted octanol–water partition coefficient (Wildman–Crippen LogP) is 2.57. The Morgan fingerprint density at radius 1 is 1.22 bits per heavy atom. The van der Waals surface area contributed by atoms with E-state index in [-0.39, 0.29) is 30.0 Å². The van der Waals surface area contributed by atoms with E-state index < -0.39 is 0 Å². The van der Waals surface area contributed by atoms with Crippen LogP contribution in [-0.2, 0) is 4.79 Å². The van der Waals surface area contributed by atoms with Crippen LogP contribution < -0.4 is 0 Å². The van der Waals surface area contributed by atoms with Crippen LogP contribution in [0.4, 0.5) is 0 Å². The SMILES string of the molecule is CC1=C(O)C(=O)[C@H](CCCO)[C@H]1c1ccccc1. The van der Waals surface area contributed by atoms with Crippen LogP contribution in [0.25, 0.3) is 0 Å². The summed E-state index contributed by atoms with van der Waals surface area (Å²) >= 11 is 0. The third-order valence-electron chi connectivity index (χ3n) is 3.64. The van der Waals surface area contributed by atoms with Crippen molar-refractivity contribution in [3.8, 4) is 0 Å². The lowest BCUT2D eigenvalue weighted by molar-refractivity contribution is -0.121. The summed E-state index contributed by atoms with van der Waals surface area (Å²) in [6, 6.07) is 9.76. The van der Waals surface area contributed by atoms with Crippen LogP contribution in [0.2, 0.25) is 0 Å². The molecule has 0 fully saturated rings. The number of aliphatic hydroxyl groups excluding tert-OH is 2. The zero-order valence-electron chi connectivity index (χ0n) is 10.5. The van der Waals surface area contributed by atoms with Crippen molar-refractivity contribution in [1.82, 2.24) is 0 Å². The number of aliphatic hydroxyl groups is 2. The number of allylic oxidation sites excluding steroid dienone is 2. The molecule has 1 aliphatic rings. The van der Waals surface area contributed by atoms with E-state index in [2.05, 4.69) is 0 Å². The second-order valence-corrected chi connectivity index (χ2v) is 4.76. The van der Waals surface area contributed by atoms with Crippen molar-refractivity contribution in [3.05, 3.63) is 47.2 Å². The summed E-state index contributed by atoms with van der Waals surface area (Å²) in [4.78, 5) is 12.0. The highest BCUT2D eigenvalue weighted by atomic mass is 16.3. The van der Waals surface area contributed by atoms with Gasteiger partial charge in [-0.3, -0.25) is 4.79 Å². The molecule has 0 saturated carbocycles. The van der Waals surface area contributed by atoms with E-state index in [0.717, 1.165) is 11.1 Å². The van der Waals surface area contributed by atoms with E-state index in [0.29, 0.717) is 12.8 Å². The molecule has 0 bridgehead atoms. The summed E-state index contributed by atoms with van der Waals surface area (Å²) in [5.74, 6) is -0.564. The van der Waals surface area contributed by atoms with E-state index in [4.69, 9.17) is 5.11 Å². The van der Waals surface area contributed by atoms with Crippen molar-refractivity contribution in [2.45, 2.75) is 25.7 Å². The number of rotatable bonds is 4. The molecule has 3 nitrogen and oxygen atoms in total. The molecule has 3 heteroatoms. The Kier molecular flexibility index (Phi) is 3.82. The fourth-order valence-electron chi connectivity index (χ4n) is 2.72. The maximum Gasteiger partial charge on any atom is 0.201 e. The molecule has 0 unspecified atom stereocenters.